The van der Waals surface area contributed by atoms with Crippen molar-refractivity contribution in [2.75, 3.05) is 26.2 Å². The lowest BCUT2D eigenvalue weighted by Gasteiger charge is -2.39. The Bertz CT molecular complexity index is 399. The quantitative estimate of drug-likeness (QED) is 0.902. The Labute approximate surface area is 120 Å². The van der Waals surface area contributed by atoms with E-state index in [9.17, 15) is 0 Å². The SMILES string of the molecule is CC1CCCN(CCOc2ccccc2Cl)C1CN. The first-order valence-electron chi connectivity index (χ1n) is 7.04. The van der Waals surface area contributed by atoms with Gasteiger partial charge in [0, 0.05) is 19.1 Å². The molecule has 2 rings (SSSR count). The summed E-state index contributed by atoms with van der Waals surface area (Å²) in [5, 5.41) is 0.671. The summed E-state index contributed by atoms with van der Waals surface area (Å²) < 4.78 is 5.75. The third-order valence-corrected chi connectivity index (χ3v) is 4.26. The summed E-state index contributed by atoms with van der Waals surface area (Å²) >= 11 is 6.07. The molecule has 0 saturated carbocycles. The molecule has 2 N–H and O–H groups in total. The minimum absolute atomic E-state index is 0.489. The van der Waals surface area contributed by atoms with Crippen LogP contribution in [0.15, 0.2) is 24.3 Å². The summed E-state index contributed by atoms with van der Waals surface area (Å²) in [5.74, 6) is 1.44. The molecule has 2 unspecified atom stereocenters. The molecule has 1 saturated heterocycles. The fourth-order valence-electron chi connectivity index (χ4n) is 2.83. The Morgan fingerprint density at radius 2 is 2.21 bits per heavy atom. The fraction of sp³-hybridized carbons (Fsp3) is 0.600. The molecule has 106 valence electrons. The van der Waals surface area contributed by atoms with Crippen LogP contribution >= 0.6 is 11.6 Å². The van der Waals surface area contributed by atoms with Crippen LogP contribution in [-0.2, 0) is 0 Å². The molecule has 1 aromatic carbocycles. The lowest BCUT2D eigenvalue weighted by Crippen LogP contribution is -2.49. The van der Waals surface area contributed by atoms with E-state index < -0.39 is 0 Å². The zero-order valence-electron chi connectivity index (χ0n) is 11.5. The van der Waals surface area contributed by atoms with Gasteiger partial charge in [-0.25, -0.2) is 0 Å². The predicted octanol–water partition coefficient (Wildman–Crippen LogP) is 2.78. The third-order valence-electron chi connectivity index (χ3n) is 3.94. The molecule has 1 heterocycles. The van der Waals surface area contributed by atoms with Gasteiger partial charge in [-0.15, -0.1) is 0 Å². The van der Waals surface area contributed by atoms with Crippen molar-refractivity contribution in [1.82, 2.24) is 4.90 Å². The Kier molecular flexibility index (Phi) is 5.49. The topological polar surface area (TPSA) is 38.5 Å². The number of nitrogens with zero attached hydrogens (tertiary/aromatic N) is 1. The summed E-state index contributed by atoms with van der Waals surface area (Å²) in [6, 6.07) is 8.09. The van der Waals surface area contributed by atoms with Crippen LogP contribution in [0.4, 0.5) is 0 Å². The van der Waals surface area contributed by atoms with Crippen molar-refractivity contribution in [2.45, 2.75) is 25.8 Å². The van der Waals surface area contributed by atoms with Gasteiger partial charge in [-0.1, -0.05) is 30.7 Å². The molecule has 4 heteroatoms. The van der Waals surface area contributed by atoms with Crippen LogP contribution in [0.5, 0.6) is 5.75 Å². The van der Waals surface area contributed by atoms with E-state index in [4.69, 9.17) is 22.1 Å². The number of nitrogens with two attached hydrogens (primary N) is 1. The molecule has 0 radical (unpaired) electrons. The van der Waals surface area contributed by atoms with E-state index in [-0.39, 0.29) is 0 Å². The van der Waals surface area contributed by atoms with Gasteiger partial charge < -0.3 is 10.5 Å². The van der Waals surface area contributed by atoms with Crippen LogP contribution in [0.3, 0.4) is 0 Å². The number of piperidine rings is 1. The van der Waals surface area contributed by atoms with Crippen molar-refractivity contribution in [3.63, 3.8) is 0 Å². The smallest absolute Gasteiger partial charge is 0.137 e. The average molecular weight is 283 g/mol. The maximum atomic E-state index is 6.07. The summed E-state index contributed by atoms with van der Waals surface area (Å²) in [6.07, 6.45) is 2.54. The number of likely N-dealkylation sites (tertiary alicyclic amines) is 1. The van der Waals surface area contributed by atoms with Crippen molar-refractivity contribution < 1.29 is 4.74 Å². The Morgan fingerprint density at radius 3 is 2.95 bits per heavy atom. The van der Waals surface area contributed by atoms with E-state index in [2.05, 4.69) is 11.8 Å². The van der Waals surface area contributed by atoms with Crippen molar-refractivity contribution in [3.8, 4) is 5.75 Å². The lowest BCUT2D eigenvalue weighted by atomic mass is 9.91. The highest BCUT2D eigenvalue weighted by atomic mass is 35.5. The first kappa shape index (κ1) is 14.6. The van der Waals surface area contributed by atoms with E-state index in [1.807, 2.05) is 24.3 Å². The van der Waals surface area contributed by atoms with E-state index >= 15 is 0 Å². The number of benzene rings is 1. The minimum Gasteiger partial charge on any atom is -0.491 e. The largest absolute Gasteiger partial charge is 0.491 e. The molecular weight excluding hydrogens is 260 g/mol. The molecule has 0 bridgehead atoms. The van der Waals surface area contributed by atoms with Gasteiger partial charge in [0.25, 0.3) is 0 Å². The zero-order chi connectivity index (χ0) is 13.7. The van der Waals surface area contributed by atoms with Crippen LogP contribution in [0.1, 0.15) is 19.8 Å². The second-order valence-electron chi connectivity index (χ2n) is 5.24. The van der Waals surface area contributed by atoms with Gasteiger partial charge in [0.05, 0.1) is 5.02 Å². The summed E-state index contributed by atoms with van der Waals surface area (Å²) in [5.41, 5.74) is 5.89. The van der Waals surface area contributed by atoms with Gasteiger partial charge in [0.15, 0.2) is 0 Å². The van der Waals surface area contributed by atoms with E-state index in [1.165, 1.54) is 12.8 Å². The third kappa shape index (κ3) is 3.85. The summed E-state index contributed by atoms with van der Waals surface area (Å²) in [6.45, 7) is 5.72. The molecule has 0 spiro atoms. The molecule has 3 nitrogen and oxygen atoms in total. The first-order valence-corrected chi connectivity index (χ1v) is 7.41. The maximum absolute atomic E-state index is 6.07. The van der Waals surface area contributed by atoms with Crippen LogP contribution in [0, 0.1) is 5.92 Å². The average Bonchev–Trinajstić information content (AvgIpc) is 2.41. The molecule has 1 aliphatic heterocycles. The van der Waals surface area contributed by atoms with Crippen LogP contribution < -0.4 is 10.5 Å². The number of rotatable bonds is 5. The molecular formula is C15H23ClN2O. The standard InChI is InChI=1S/C15H23ClN2O/c1-12-5-4-8-18(14(12)11-17)9-10-19-15-7-3-2-6-13(15)16/h2-3,6-7,12,14H,4-5,8-11,17H2,1H3. The molecule has 0 amide bonds. The molecule has 2 atom stereocenters. The van der Waals surface area contributed by atoms with Gasteiger partial charge in [-0.3, -0.25) is 4.90 Å². The van der Waals surface area contributed by atoms with Crippen LogP contribution in [0.25, 0.3) is 0 Å². The van der Waals surface area contributed by atoms with Gasteiger partial charge in [-0.05, 0) is 37.4 Å². The molecule has 19 heavy (non-hydrogen) atoms. The summed E-state index contributed by atoms with van der Waals surface area (Å²) in [4.78, 5) is 2.45. The van der Waals surface area contributed by atoms with E-state index in [0.717, 1.165) is 25.4 Å². The van der Waals surface area contributed by atoms with Crippen LogP contribution in [-0.4, -0.2) is 37.2 Å². The highest BCUT2D eigenvalue weighted by Gasteiger charge is 2.26. The van der Waals surface area contributed by atoms with Gasteiger partial charge in [0.1, 0.15) is 12.4 Å². The Hall–Kier alpha value is -0.770. The van der Waals surface area contributed by atoms with Gasteiger partial charge in [0.2, 0.25) is 0 Å². The number of halogens is 1. The fourth-order valence-corrected chi connectivity index (χ4v) is 3.02. The highest BCUT2D eigenvalue weighted by Crippen LogP contribution is 2.24. The molecule has 0 aliphatic carbocycles. The number of ether oxygens (including phenoxy) is 1. The second kappa shape index (κ2) is 7.13. The number of hydrogen-bond acceptors (Lipinski definition) is 3. The maximum Gasteiger partial charge on any atom is 0.137 e. The molecule has 1 aromatic rings. The highest BCUT2D eigenvalue weighted by molar-refractivity contribution is 6.32. The lowest BCUT2D eigenvalue weighted by molar-refractivity contribution is 0.0895. The molecule has 1 fully saturated rings. The monoisotopic (exact) mass is 282 g/mol. The van der Waals surface area contributed by atoms with Gasteiger partial charge in [-0.2, -0.15) is 0 Å². The van der Waals surface area contributed by atoms with Crippen molar-refractivity contribution in [3.05, 3.63) is 29.3 Å². The van der Waals surface area contributed by atoms with Gasteiger partial charge >= 0.3 is 0 Å². The normalized spacial score (nSPS) is 24.4. The van der Waals surface area contributed by atoms with Crippen LogP contribution in [0.2, 0.25) is 5.02 Å². The number of hydrogen-bond donors (Lipinski definition) is 1. The van der Waals surface area contributed by atoms with E-state index in [0.29, 0.717) is 23.6 Å². The Morgan fingerprint density at radius 1 is 1.42 bits per heavy atom. The number of para-hydroxylation sites is 1. The molecule has 1 aliphatic rings. The van der Waals surface area contributed by atoms with Crippen molar-refractivity contribution >= 4 is 11.6 Å². The van der Waals surface area contributed by atoms with E-state index in [1.54, 1.807) is 0 Å². The first-order chi connectivity index (χ1) is 9.22. The Balaban J connectivity index is 1.83. The van der Waals surface area contributed by atoms with Crippen molar-refractivity contribution in [2.24, 2.45) is 11.7 Å². The van der Waals surface area contributed by atoms with Crippen molar-refractivity contribution in [1.29, 1.82) is 0 Å². The molecule has 0 aromatic heterocycles. The predicted molar refractivity (Wildman–Crippen MR) is 79.8 cm³/mol. The minimum atomic E-state index is 0.489. The zero-order valence-corrected chi connectivity index (χ0v) is 12.3. The second-order valence-corrected chi connectivity index (χ2v) is 5.64. The summed E-state index contributed by atoms with van der Waals surface area (Å²) in [7, 11) is 0.